The molecule has 1 fully saturated rings. The van der Waals surface area contributed by atoms with Crippen LogP contribution >= 0.6 is 0 Å². The maximum atomic E-state index is 12.6. The summed E-state index contributed by atoms with van der Waals surface area (Å²) in [6, 6.07) is -1.65. The largest absolute Gasteiger partial charge is 0.479 e. The summed E-state index contributed by atoms with van der Waals surface area (Å²) < 4.78 is 4.85. The average molecular weight is 367 g/mol. The number of hydrogen-bond acceptors (Lipinski definition) is 5. The molecule has 0 unspecified atom stereocenters. The molecule has 0 radical (unpaired) electrons. The van der Waals surface area contributed by atoms with Crippen LogP contribution in [0.25, 0.3) is 0 Å². The van der Waals surface area contributed by atoms with Gasteiger partial charge in [0.1, 0.15) is 18.2 Å². The number of hydrogen-bond donors (Lipinski definition) is 3. The predicted molar refractivity (Wildman–Crippen MR) is 91.2 cm³/mol. The molecule has 26 heavy (non-hydrogen) atoms. The van der Waals surface area contributed by atoms with Crippen molar-refractivity contribution in [1.29, 1.82) is 0 Å². The van der Waals surface area contributed by atoms with Gasteiger partial charge in [-0.05, 0) is 25.7 Å². The maximum Gasteiger partial charge on any atom is 0.330 e. The highest BCUT2D eigenvalue weighted by atomic mass is 16.5. The molecule has 0 aromatic rings. The number of carbonyl (C=O) groups excluding carboxylic acids is 3. The lowest BCUT2D eigenvalue weighted by atomic mass is 10.1. The van der Waals surface area contributed by atoms with Gasteiger partial charge in [-0.1, -0.05) is 12.2 Å². The number of fused-ring (bicyclic) bond motifs is 1. The zero-order chi connectivity index (χ0) is 19.3. The number of nitrogens with zero attached hydrogens (tertiary/aromatic N) is 1. The van der Waals surface area contributed by atoms with Crippen LogP contribution in [0.3, 0.4) is 0 Å². The van der Waals surface area contributed by atoms with Gasteiger partial charge in [0.25, 0.3) is 0 Å². The predicted octanol–water partition coefficient (Wildman–Crippen LogP) is 0.259. The zero-order valence-corrected chi connectivity index (χ0v) is 15.0. The summed E-state index contributed by atoms with van der Waals surface area (Å²) in [6.07, 6.45) is 6.46. The van der Waals surface area contributed by atoms with Crippen LogP contribution in [0.4, 0.5) is 4.79 Å². The van der Waals surface area contributed by atoms with Crippen molar-refractivity contribution in [2.45, 2.75) is 44.2 Å². The fourth-order valence-electron chi connectivity index (χ4n) is 2.89. The first kappa shape index (κ1) is 19.7. The third-order valence-electron chi connectivity index (χ3n) is 4.64. The second-order valence-corrected chi connectivity index (χ2v) is 6.73. The first-order chi connectivity index (χ1) is 12.3. The van der Waals surface area contributed by atoms with Gasteiger partial charge in [0.15, 0.2) is 0 Å². The first-order valence-corrected chi connectivity index (χ1v) is 8.63. The van der Waals surface area contributed by atoms with E-state index in [1.165, 1.54) is 11.8 Å². The van der Waals surface area contributed by atoms with Crippen molar-refractivity contribution < 1.29 is 29.0 Å². The van der Waals surface area contributed by atoms with Gasteiger partial charge in [0.05, 0.1) is 0 Å². The van der Waals surface area contributed by atoms with Crippen molar-refractivity contribution in [2.24, 2.45) is 5.92 Å². The molecule has 9 nitrogen and oxygen atoms in total. The number of carboxylic acids is 1. The molecule has 1 aliphatic carbocycles. The molecule has 1 aliphatic heterocycles. The molecular weight excluding hydrogens is 342 g/mol. The van der Waals surface area contributed by atoms with E-state index in [0.29, 0.717) is 13.0 Å². The maximum absolute atomic E-state index is 12.6. The van der Waals surface area contributed by atoms with Gasteiger partial charge >= 0.3 is 18.0 Å². The molecule has 2 aliphatic rings. The second-order valence-electron chi connectivity index (χ2n) is 6.73. The van der Waals surface area contributed by atoms with E-state index < -0.39 is 35.5 Å². The molecule has 3 atom stereocenters. The van der Waals surface area contributed by atoms with Gasteiger partial charge in [0, 0.05) is 26.4 Å². The Balaban J connectivity index is 2.20. The van der Waals surface area contributed by atoms with E-state index in [1.54, 1.807) is 7.05 Å². The number of esters is 1. The number of carbonyl (C=O) groups is 4. The molecule has 144 valence electrons. The Morgan fingerprint density at radius 3 is 2.77 bits per heavy atom. The van der Waals surface area contributed by atoms with E-state index in [9.17, 15) is 24.3 Å². The fourth-order valence-corrected chi connectivity index (χ4v) is 2.89. The minimum Gasteiger partial charge on any atom is -0.479 e. The highest BCUT2D eigenvalue weighted by Gasteiger charge is 2.60. The molecule has 2 rings (SSSR count). The Kier molecular flexibility index (Phi) is 6.23. The lowest BCUT2D eigenvalue weighted by Crippen LogP contribution is -2.57. The number of nitrogens with one attached hydrogen (secondary N) is 2. The molecule has 9 heteroatoms. The summed E-state index contributed by atoms with van der Waals surface area (Å²) in [6.45, 7) is 1.34. The van der Waals surface area contributed by atoms with E-state index >= 15 is 0 Å². The molecular formula is C17H25N3O6. The molecule has 0 aromatic carbocycles. The summed E-state index contributed by atoms with van der Waals surface area (Å²) in [5.41, 5.74) is -1.37. The van der Waals surface area contributed by atoms with E-state index in [1.807, 2.05) is 12.2 Å². The standard InChI is InChI=1S/C17H25N3O6/c1-11(21)26-10-13-14(22)19-17(15(23)24)9-12(17)7-5-3-4-6-8-20(2)16(25)18-13/h5,7,12-13H,3-4,6,8-10H2,1-2H3,(H,18,25)(H,19,22)(H,23,24)/b7-5-/t12-,13+,17-/m1/s1. The minimum absolute atomic E-state index is 0.290. The van der Waals surface area contributed by atoms with Crippen LogP contribution < -0.4 is 10.6 Å². The lowest BCUT2D eigenvalue weighted by Gasteiger charge is -2.24. The number of allylic oxidation sites excluding steroid dienone is 1. The molecule has 0 aromatic heterocycles. The van der Waals surface area contributed by atoms with Gasteiger partial charge in [-0.3, -0.25) is 9.59 Å². The second kappa shape index (κ2) is 8.20. The summed E-state index contributed by atoms with van der Waals surface area (Å²) in [7, 11) is 1.60. The van der Waals surface area contributed by atoms with Crippen LogP contribution in [-0.4, -0.2) is 65.7 Å². The number of aliphatic carboxylic acids is 1. The zero-order valence-electron chi connectivity index (χ0n) is 15.0. The van der Waals surface area contributed by atoms with E-state index in [-0.39, 0.29) is 12.5 Å². The molecule has 0 saturated heterocycles. The Bertz CT molecular complexity index is 620. The van der Waals surface area contributed by atoms with Crippen molar-refractivity contribution in [3.8, 4) is 0 Å². The molecule has 1 heterocycles. The molecule has 0 bridgehead atoms. The number of amides is 3. The van der Waals surface area contributed by atoms with Crippen LogP contribution in [-0.2, 0) is 19.1 Å². The molecule has 3 N–H and O–H groups in total. The summed E-state index contributed by atoms with van der Waals surface area (Å²) in [5, 5.41) is 14.6. The van der Waals surface area contributed by atoms with Gasteiger partial charge in [-0.2, -0.15) is 0 Å². The van der Waals surface area contributed by atoms with E-state index in [0.717, 1.165) is 19.3 Å². The van der Waals surface area contributed by atoms with Crippen LogP contribution in [0.5, 0.6) is 0 Å². The third-order valence-corrected chi connectivity index (χ3v) is 4.64. The minimum atomic E-state index is -1.37. The smallest absolute Gasteiger partial charge is 0.330 e. The molecule has 1 saturated carbocycles. The van der Waals surface area contributed by atoms with Crippen molar-refractivity contribution in [3.05, 3.63) is 12.2 Å². The SMILES string of the molecule is CC(=O)OC[C@@H]1NC(=O)N(C)CCCC/C=C\[C@@H]2C[C@@]2(C(=O)O)NC1=O. The third kappa shape index (κ3) is 4.74. The fraction of sp³-hybridized carbons (Fsp3) is 0.647. The highest BCUT2D eigenvalue weighted by Crippen LogP contribution is 2.45. The summed E-state index contributed by atoms with van der Waals surface area (Å²) in [4.78, 5) is 49.0. The van der Waals surface area contributed by atoms with Crippen molar-refractivity contribution in [3.63, 3.8) is 0 Å². The monoisotopic (exact) mass is 367 g/mol. The average Bonchev–Trinajstić information content (AvgIpc) is 3.27. The van der Waals surface area contributed by atoms with Crippen molar-refractivity contribution in [1.82, 2.24) is 15.5 Å². The Morgan fingerprint density at radius 2 is 2.12 bits per heavy atom. The number of rotatable bonds is 3. The molecule has 0 spiro atoms. The summed E-state index contributed by atoms with van der Waals surface area (Å²) >= 11 is 0. The topological polar surface area (TPSA) is 125 Å². The first-order valence-electron chi connectivity index (χ1n) is 8.63. The van der Waals surface area contributed by atoms with Crippen LogP contribution in [0.2, 0.25) is 0 Å². The highest BCUT2D eigenvalue weighted by molar-refractivity contribution is 5.94. The summed E-state index contributed by atoms with van der Waals surface area (Å²) in [5.74, 6) is -2.70. The van der Waals surface area contributed by atoms with E-state index in [4.69, 9.17) is 4.74 Å². The lowest BCUT2D eigenvalue weighted by molar-refractivity contribution is -0.146. The van der Waals surface area contributed by atoms with Crippen LogP contribution in [0, 0.1) is 5.92 Å². The Morgan fingerprint density at radius 1 is 1.38 bits per heavy atom. The van der Waals surface area contributed by atoms with Crippen molar-refractivity contribution in [2.75, 3.05) is 20.2 Å². The van der Waals surface area contributed by atoms with Gasteiger partial charge in [-0.25, -0.2) is 9.59 Å². The number of ether oxygens (including phenoxy) is 1. The van der Waals surface area contributed by atoms with Crippen LogP contribution in [0.15, 0.2) is 12.2 Å². The van der Waals surface area contributed by atoms with Gasteiger partial charge < -0.3 is 25.4 Å². The van der Waals surface area contributed by atoms with Gasteiger partial charge in [0.2, 0.25) is 5.91 Å². The normalized spacial score (nSPS) is 30.9. The Hall–Kier alpha value is -2.58. The number of urea groups is 1. The van der Waals surface area contributed by atoms with Gasteiger partial charge in [-0.15, -0.1) is 0 Å². The van der Waals surface area contributed by atoms with Crippen LogP contribution in [0.1, 0.15) is 32.6 Å². The molecule has 3 amide bonds. The quantitative estimate of drug-likeness (QED) is 0.485. The van der Waals surface area contributed by atoms with Crippen molar-refractivity contribution >= 4 is 23.9 Å². The van der Waals surface area contributed by atoms with E-state index in [2.05, 4.69) is 10.6 Å². The number of carboxylic acid groups (broad SMARTS) is 1. The Labute approximate surface area is 151 Å².